The maximum absolute atomic E-state index is 12.1. The summed E-state index contributed by atoms with van der Waals surface area (Å²) in [6.07, 6.45) is 3.31. The predicted molar refractivity (Wildman–Crippen MR) is 126 cm³/mol. The van der Waals surface area contributed by atoms with Crippen molar-refractivity contribution in [2.75, 3.05) is 27.9 Å². The van der Waals surface area contributed by atoms with Gasteiger partial charge < -0.3 is 33.9 Å². The van der Waals surface area contributed by atoms with Crippen molar-refractivity contribution < 1.29 is 38.7 Å². The molecule has 0 bridgehead atoms. The Morgan fingerprint density at radius 1 is 0.794 bits per heavy atom. The number of ether oxygens (including phenoxy) is 5. The van der Waals surface area contributed by atoms with E-state index in [1.165, 1.54) is 31.4 Å². The van der Waals surface area contributed by atoms with Gasteiger partial charge in [0.15, 0.2) is 34.5 Å². The standard InChI is InChI=1S/C26H26O8/c1-30-22-9-5-18(15-24(22)31-2)12-13-33-23-10-7-19(16-25(23)32-3)34-26(29)11-6-17-4-8-20(27)21(28)14-17/h4-11,14-16,27-28H,12-13H2,1-3H3/b11-6+. The summed E-state index contributed by atoms with van der Waals surface area (Å²) in [6.45, 7) is 0.396. The van der Waals surface area contributed by atoms with Gasteiger partial charge in [-0.1, -0.05) is 12.1 Å². The van der Waals surface area contributed by atoms with Crippen LogP contribution in [0.5, 0.6) is 40.2 Å². The molecule has 0 fully saturated rings. The van der Waals surface area contributed by atoms with E-state index in [-0.39, 0.29) is 17.2 Å². The minimum absolute atomic E-state index is 0.238. The quantitative estimate of drug-likeness (QED) is 0.197. The van der Waals surface area contributed by atoms with E-state index in [0.29, 0.717) is 41.6 Å². The maximum atomic E-state index is 12.1. The third-order valence-electron chi connectivity index (χ3n) is 4.86. The zero-order chi connectivity index (χ0) is 24.5. The number of phenols is 2. The highest BCUT2D eigenvalue weighted by Gasteiger charge is 2.10. The van der Waals surface area contributed by atoms with Gasteiger partial charge in [0.1, 0.15) is 5.75 Å². The number of rotatable bonds is 10. The van der Waals surface area contributed by atoms with E-state index in [0.717, 1.165) is 5.56 Å². The molecule has 0 spiro atoms. The first-order valence-electron chi connectivity index (χ1n) is 10.4. The lowest BCUT2D eigenvalue weighted by Gasteiger charge is -2.13. The highest BCUT2D eigenvalue weighted by Crippen LogP contribution is 2.32. The zero-order valence-electron chi connectivity index (χ0n) is 19.1. The average Bonchev–Trinajstić information content (AvgIpc) is 2.85. The van der Waals surface area contributed by atoms with Crippen LogP contribution in [0, 0.1) is 0 Å². The van der Waals surface area contributed by atoms with Crippen molar-refractivity contribution in [3.8, 4) is 40.2 Å². The lowest BCUT2D eigenvalue weighted by molar-refractivity contribution is -0.128. The van der Waals surface area contributed by atoms with Crippen molar-refractivity contribution in [3.05, 3.63) is 71.8 Å². The number of esters is 1. The van der Waals surface area contributed by atoms with Crippen molar-refractivity contribution >= 4 is 12.0 Å². The van der Waals surface area contributed by atoms with Crippen LogP contribution in [0.25, 0.3) is 6.08 Å². The Kier molecular flexibility index (Phi) is 8.23. The Hall–Kier alpha value is -4.33. The highest BCUT2D eigenvalue weighted by atomic mass is 16.5. The molecule has 0 unspecified atom stereocenters. The molecule has 8 nitrogen and oxygen atoms in total. The van der Waals surface area contributed by atoms with E-state index in [2.05, 4.69) is 0 Å². The van der Waals surface area contributed by atoms with E-state index in [4.69, 9.17) is 23.7 Å². The van der Waals surface area contributed by atoms with Gasteiger partial charge in [-0.25, -0.2) is 4.79 Å². The first kappa shape index (κ1) is 24.3. The summed E-state index contributed by atoms with van der Waals surface area (Å²) in [4.78, 5) is 12.1. The number of hydrogen-bond acceptors (Lipinski definition) is 8. The molecule has 0 radical (unpaired) electrons. The Bertz CT molecular complexity index is 1170. The van der Waals surface area contributed by atoms with Gasteiger partial charge in [-0.05, 0) is 53.6 Å². The number of methoxy groups -OCH3 is 3. The van der Waals surface area contributed by atoms with Crippen LogP contribution in [-0.4, -0.2) is 44.1 Å². The van der Waals surface area contributed by atoms with Crippen molar-refractivity contribution in [2.24, 2.45) is 0 Å². The average molecular weight is 466 g/mol. The lowest BCUT2D eigenvalue weighted by atomic mass is 10.1. The van der Waals surface area contributed by atoms with Crippen LogP contribution >= 0.6 is 0 Å². The van der Waals surface area contributed by atoms with Crippen molar-refractivity contribution in [2.45, 2.75) is 6.42 Å². The molecule has 0 aliphatic carbocycles. The Labute approximate surface area is 197 Å². The lowest BCUT2D eigenvalue weighted by Crippen LogP contribution is -2.05. The summed E-state index contributed by atoms with van der Waals surface area (Å²) >= 11 is 0. The Morgan fingerprint density at radius 3 is 2.21 bits per heavy atom. The third kappa shape index (κ3) is 6.35. The van der Waals surface area contributed by atoms with Crippen LogP contribution in [0.4, 0.5) is 0 Å². The van der Waals surface area contributed by atoms with E-state index < -0.39 is 5.97 Å². The fourth-order valence-corrected chi connectivity index (χ4v) is 3.10. The van der Waals surface area contributed by atoms with Crippen LogP contribution in [0.2, 0.25) is 0 Å². The summed E-state index contributed by atoms with van der Waals surface area (Å²) in [5.41, 5.74) is 1.55. The number of carbonyl (C=O) groups excluding carboxylic acids is 1. The normalized spacial score (nSPS) is 10.7. The van der Waals surface area contributed by atoms with Gasteiger partial charge in [0.2, 0.25) is 0 Å². The first-order valence-corrected chi connectivity index (χ1v) is 10.4. The van der Waals surface area contributed by atoms with Crippen LogP contribution < -0.4 is 23.7 Å². The Balaban J connectivity index is 1.58. The van der Waals surface area contributed by atoms with Crippen LogP contribution in [0.1, 0.15) is 11.1 Å². The van der Waals surface area contributed by atoms with Gasteiger partial charge in [0.25, 0.3) is 0 Å². The van der Waals surface area contributed by atoms with Crippen LogP contribution in [-0.2, 0) is 11.2 Å². The van der Waals surface area contributed by atoms with Gasteiger partial charge >= 0.3 is 5.97 Å². The minimum Gasteiger partial charge on any atom is -0.504 e. The molecular formula is C26H26O8. The molecule has 2 N–H and O–H groups in total. The second-order valence-corrected chi connectivity index (χ2v) is 7.10. The third-order valence-corrected chi connectivity index (χ3v) is 4.86. The molecule has 0 aliphatic rings. The maximum Gasteiger partial charge on any atom is 0.336 e. The van der Waals surface area contributed by atoms with Gasteiger partial charge in [0.05, 0.1) is 27.9 Å². The molecular weight excluding hydrogens is 440 g/mol. The number of aromatic hydroxyl groups is 2. The van der Waals surface area contributed by atoms with E-state index in [1.54, 1.807) is 38.5 Å². The molecule has 0 atom stereocenters. The predicted octanol–water partition coefficient (Wildman–Crippen LogP) is 4.36. The second kappa shape index (κ2) is 11.5. The van der Waals surface area contributed by atoms with E-state index in [1.807, 2.05) is 18.2 Å². The molecule has 0 amide bonds. The molecule has 3 aromatic rings. The second-order valence-electron chi connectivity index (χ2n) is 7.10. The van der Waals surface area contributed by atoms with Gasteiger partial charge in [0, 0.05) is 18.6 Å². The summed E-state index contributed by atoms with van der Waals surface area (Å²) in [5, 5.41) is 18.9. The van der Waals surface area contributed by atoms with Crippen molar-refractivity contribution in [1.82, 2.24) is 0 Å². The zero-order valence-corrected chi connectivity index (χ0v) is 19.1. The van der Waals surface area contributed by atoms with Crippen LogP contribution in [0.3, 0.4) is 0 Å². The van der Waals surface area contributed by atoms with Crippen molar-refractivity contribution in [1.29, 1.82) is 0 Å². The smallest absolute Gasteiger partial charge is 0.336 e. The summed E-state index contributed by atoms with van der Waals surface area (Å²) in [6, 6.07) is 14.7. The van der Waals surface area contributed by atoms with E-state index in [9.17, 15) is 15.0 Å². The largest absolute Gasteiger partial charge is 0.504 e. The number of carbonyl (C=O) groups is 1. The number of benzene rings is 3. The Morgan fingerprint density at radius 2 is 1.50 bits per heavy atom. The molecule has 0 aromatic heterocycles. The first-order chi connectivity index (χ1) is 16.4. The monoisotopic (exact) mass is 466 g/mol. The summed E-state index contributed by atoms with van der Waals surface area (Å²) in [5.74, 6) is 1.40. The minimum atomic E-state index is -0.614. The molecule has 0 aliphatic heterocycles. The molecule has 8 heteroatoms. The molecule has 0 saturated heterocycles. The fraction of sp³-hybridized carbons (Fsp3) is 0.192. The molecule has 3 rings (SSSR count). The molecule has 3 aromatic carbocycles. The SMILES string of the molecule is COc1ccc(CCOc2ccc(OC(=O)/C=C/c3ccc(O)c(O)c3)cc2OC)cc1OC. The van der Waals surface area contributed by atoms with Crippen molar-refractivity contribution in [3.63, 3.8) is 0 Å². The summed E-state index contributed by atoms with van der Waals surface area (Å²) < 4.78 is 27.1. The fourth-order valence-electron chi connectivity index (χ4n) is 3.10. The van der Waals surface area contributed by atoms with E-state index >= 15 is 0 Å². The highest BCUT2D eigenvalue weighted by molar-refractivity contribution is 5.88. The molecule has 0 heterocycles. The topological polar surface area (TPSA) is 104 Å². The molecule has 34 heavy (non-hydrogen) atoms. The molecule has 178 valence electrons. The van der Waals surface area contributed by atoms with Crippen LogP contribution in [0.15, 0.2) is 60.7 Å². The van der Waals surface area contributed by atoms with Gasteiger partial charge in [-0.15, -0.1) is 0 Å². The van der Waals surface area contributed by atoms with Gasteiger partial charge in [-0.3, -0.25) is 0 Å². The summed E-state index contributed by atoms with van der Waals surface area (Å²) in [7, 11) is 4.68. The molecule has 0 saturated carbocycles. The van der Waals surface area contributed by atoms with Gasteiger partial charge in [-0.2, -0.15) is 0 Å². The number of hydrogen-bond donors (Lipinski definition) is 2. The number of phenolic OH excluding ortho intramolecular Hbond substituents is 2.